The van der Waals surface area contributed by atoms with E-state index in [1.165, 1.54) is 42.4 Å². The lowest BCUT2D eigenvalue weighted by Gasteiger charge is -2.36. The Morgan fingerprint density at radius 3 is 2.60 bits per heavy atom. The second-order valence-electron chi connectivity index (χ2n) is 7.39. The standard InChI is InChI=1S/C20H30N2O2.ClH/c1-15(17-8-7-16-5-3-4-6-18(16)13-17)22-19(23)20(14-24-2)9-11-21-12-10-20;/h7-8,13,15,21H,3-6,9-12,14H2,1-2H3,(H,22,23);1H. The topological polar surface area (TPSA) is 50.4 Å². The molecule has 1 amide bonds. The number of ether oxygens (including phenoxy) is 1. The third-order valence-electron chi connectivity index (χ3n) is 5.68. The van der Waals surface area contributed by atoms with Gasteiger partial charge in [-0.3, -0.25) is 4.79 Å². The van der Waals surface area contributed by atoms with E-state index < -0.39 is 0 Å². The first-order valence-electron chi connectivity index (χ1n) is 9.27. The van der Waals surface area contributed by atoms with Crippen molar-refractivity contribution in [2.24, 2.45) is 5.41 Å². The van der Waals surface area contributed by atoms with Gasteiger partial charge in [0.05, 0.1) is 18.1 Å². The van der Waals surface area contributed by atoms with Crippen LogP contribution in [0.1, 0.15) is 55.3 Å². The van der Waals surface area contributed by atoms with Crippen molar-refractivity contribution in [1.29, 1.82) is 0 Å². The highest BCUT2D eigenvalue weighted by molar-refractivity contribution is 5.85. The molecule has 1 saturated heterocycles. The molecule has 1 aliphatic heterocycles. The summed E-state index contributed by atoms with van der Waals surface area (Å²) in [6.07, 6.45) is 6.62. The van der Waals surface area contributed by atoms with Crippen LogP contribution in [-0.4, -0.2) is 32.7 Å². The Morgan fingerprint density at radius 1 is 1.24 bits per heavy atom. The minimum absolute atomic E-state index is 0. The van der Waals surface area contributed by atoms with Crippen molar-refractivity contribution in [2.75, 3.05) is 26.8 Å². The van der Waals surface area contributed by atoms with Crippen molar-refractivity contribution in [2.45, 2.75) is 51.5 Å². The van der Waals surface area contributed by atoms with Gasteiger partial charge in [0.1, 0.15) is 0 Å². The molecule has 1 aromatic rings. The molecule has 1 aliphatic carbocycles. The van der Waals surface area contributed by atoms with Crippen LogP contribution in [0.3, 0.4) is 0 Å². The van der Waals surface area contributed by atoms with E-state index in [9.17, 15) is 4.79 Å². The largest absolute Gasteiger partial charge is 0.384 e. The van der Waals surface area contributed by atoms with E-state index in [0.717, 1.165) is 25.9 Å². The van der Waals surface area contributed by atoms with Gasteiger partial charge in [-0.1, -0.05) is 18.2 Å². The number of carbonyl (C=O) groups excluding carboxylic acids is 1. The summed E-state index contributed by atoms with van der Waals surface area (Å²) >= 11 is 0. The molecule has 1 aromatic carbocycles. The fourth-order valence-corrected chi connectivity index (χ4v) is 4.07. The van der Waals surface area contributed by atoms with E-state index in [4.69, 9.17) is 4.74 Å². The van der Waals surface area contributed by atoms with Gasteiger partial charge in [0.15, 0.2) is 0 Å². The number of carbonyl (C=O) groups is 1. The first kappa shape index (κ1) is 20.2. The maximum absolute atomic E-state index is 13.0. The minimum atomic E-state index is -0.386. The number of nitrogens with one attached hydrogen (secondary N) is 2. The van der Waals surface area contributed by atoms with Crippen LogP contribution in [0.5, 0.6) is 0 Å². The second kappa shape index (κ2) is 9.02. The molecule has 5 heteroatoms. The summed E-state index contributed by atoms with van der Waals surface area (Å²) in [5.41, 5.74) is 3.78. The van der Waals surface area contributed by atoms with E-state index in [-0.39, 0.29) is 29.8 Å². The summed E-state index contributed by atoms with van der Waals surface area (Å²) in [5, 5.41) is 6.59. The van der Waals surface area contributed by atoms with Gasteiger partial charge >= 0.3 is 0 Å². The molecule has 0 aromatic heterocycles. The lowest BCUT2D eigenvalue weighted by molar-refractivity contribution is -0.136. The molecule has 0 bridgehead atoms. The first-order chi connectivity index (χ1) is 11.6. The Morgan fingerprint density at radius 2 is 1.92 bits per heavy atom. The number of benzene rings is 1. The average molecular weight is 367 g/mol. The Bertz CT molecular complexity index is 580. The van der Waals surface area contributed by atoms with E-state index in [0.29, 0.717) is 6.61 Å². The number of fused-ring (bicyclic) bond motifs is 1. The molecule has 2 N–H and O–H groups in total. The molecule has 3 rings (SSSR count). The van der Waals surface area contributed by atoms with Gasteiger partial charge in [-0.25, -0.2) is 0 Å². The lowest BCUT2D eigenvalue weighted by atomic mass is 9.78. The summed E-state index contributed by atoms with van der Waals surface area (Å²) in [7, 11) is 1.68. The number of hydrogen-bond acceptors (Lipinski definition) is 3. The first-order valence-corrected chi connectivity index (χ1v) is 9.27. The molecule has 140 valence electrons. The van der Waals surface area contributed by atoms with Crippen molar-refractivity contribution in [3.63, 3.8) is 0 Å². The number of methoxy groups -OCH3 is 1. The molecule has 0 radical (unpaired) electrons. The smallest absolute Gasteiger partial charge is 0.229 e. The number of amides is 1. The summed E-state index contributed by atoms with van der Waals surface area (Å²) in [6.45, 7) is 4.34. The zero-order valence-corrected chi connectivity index (χ0v) is 16.2. The van der Waals surface area contributed by atoms with Gasteiger partial charge in [0.2, 0.25) is 5.91 Å². The van der Waals surface area contributed by atoms with Gasteiger partial charge in [0, 0.05) is 7.11 Å². The van der Waals surface area contributed by atoms with Crippen LogP contribution in [0.15, 0.2) is 18.2 Å². The summed E-state index contributed by atoms with van der Waals surface area (Å²) < 4.78 is 5.38. The molecule has 1 unspecified atom stereocenters. The third-order valence-corrected chi connectivity index (χ3v) is 5.68. The van der Waals surface area contributed by atoms with Gasteiger partial charge in [-0.2, -0.15) is 0 Å². The molecule has 25 heavy (non-hydrogen) atoms. The van der Waals surface area contributed by atoms with Crippen molar-refractivity contribution in [3.8, 4) is 0 Å². The highest BCUT2D eigenvalue weighted by atomic mass is 35.5. The molecule has 1 heterocycles. The fraction of sp³-hybridized carbons (Fsp3) is 0.650. The van der Waals surface area contributed by atoms with Gasteiger partial charge in [-0.15, -0.1) is 12.4 Å². The molecule has 1 fully saturated rings. The van der Waals surface area contributed by atoms with E-state index in [1.807, 2.05) is 0 Å². The Kier molecular flexibility index (Phi) is 7.29. The van der Waals surface area contributed by atoms with Crippen LogP contribution in [-0.2, 0) is 22.4 Å². The fourth-order valence-electron chi connectivity index (χ4n) is 4.07. The number of rotatable bonds is 5. The quantitative estimate of drug-likeness (QED) is 0.841. The maximum Gasteiger partial charge on any atom is 0.229 e. The molecule has 4 nitrogen and oxygen atoms in total. The third kappa shape index (κ3) is 4.55. The van der Waals surface area contributed by atoms with Crippen molar-refractivity contribution >= 4 is 18.3 Å². The van der Waals surface area contributed by atoms with E-state index in [1.54, 1.807) is 7.11 Å². The number of piperidine rings is 1. The predicted molar refractivity (Wildman–Crippen MR) is 103 cm³/mol. The van der Waals surface area contributed by atoms with Crippen LogP contribution in [0.25, 0.3) is 0 Å². The summed E-state index contributed by atoms with van der Waals surface area (Å²) in [5.74, 6) is 0.135. The summed E-state index contributed by atoms with van der Waals surface area (Å²) in [4.78, 5) is 13.0. The normalized spacial score (nSPS) is 20.1. The SMILES string of the molecule is COCC1(C(=O)NC(C)c2ccc3c(c2)CCCC3)CCNCC1.Cl. The molecule has 1 atom stereocenters. The highest BCUT2D eigenvalue weighted by Gasteiger charge is 2.40. The zero-order valence-electron chi connectivity index (χ0n) is 15.4. The lowest BCUT2D eigenvalue weighted by Crippen LogP contribution is -2.50. The minimum Gasteiger partial charge on any atom is -0.384 e. The van der Waals surface area contributed by atoms with Crippen LogP contribution < -0.4 is 10.6 Å². The zero-order chi connectivity index (χ0) is 17.0. The maximum atomic E-state index is 13.0. The molecular formula is C20H31ClN2O2. The van der Waals surface area contributed by atoms with Gasteiger partial charge < -0.3 is 15.4 Å². The van der Waals surface area contributed by atoms with E-state index >= 15 is 0 Å². The Hall–Kier alpha value is -1.10. The average Bonchev–Trinajstić information content (AvgIpc) is 2.62. The van der Waals surface area contributed by atoms with E-state index in [2.05, 4.69) is 35.8 Å². The molecular weight excluding hydrogens is 336 g/mol. The van der Waals surface area contributed by atoms with Crippen LogP contribution in [0, 0.1) is 5.41 Å². The van der Waals surface area contributed by atoms with Crippen LogP contribution >= 0.6 is 12.4 Å². The van der Waals surface area contributed by atoms with Crippen molar-refractivity contribution < 1.29 is 9.53 Å². The summed E-state index contributed by atoms with van der Waals surface area (Å²) in [6, 6.07) is 6.76. The Labute approximate surface area is 157 Å². The monoisotopic (exact) mass is 366 g/mol. The highest BCUT2D eigenvalue weighted by Crippen LogP contribution is 2.31. The van der Waals surface area contributed by atoms with Gasteiger partial charge in [0.25, 0.3) is 0 Å². The van der Waals surface area contributed by atoms with Gasteiger partial charge in [-0.05, 0) is 75.2 Å². The molecule has 0 spiro atoms. The Balaban J connectivity index is 0.00000225. The van der Waals surface area contributed by atoms with Crippen LogP contribution in [0.2, 0.25) is 0 Å². The van der Waals surface area contributed by atoms with Crippen LogP contribution in [0.4, 0.5) is 0 Å². The molecule has 2 aliphatic rings. The predicted octanol–water partition coefficient (Wildman–Crippen LogP) is 3.18. The second-order valence-corrected chi connectivity index (χ2v) is 7.39. The number of hydrogen-bond donors (Lipinski definition) is 2. The number of aryl methyl sites for hydroxylation is 2. The molecule has 0 saturated carbocycles. The number of halogens is 1. The van der Waals surface area contributed by atoms with Crippen molar-refractivity contribution in [1.82, 2.24) is 10.6 Å². The van der Waals surface area contributed by atoms with Crippen molar-refractivity contribution in [3.05, 3.63) is 34.9 Å².